The Morgan fingerprint density at radius 2 is 1.95 bits per heavy atom. The Bertz CT molecular complexity index is 588. The van der Waals surface area contributed by atoms with Crippen LogP contribution in [0.5, 0.6) is 0 Å². The second-order valence-electron chi connectivity index (χ2n) is 6.41. The van der Waals surface area contributed by atoms with Crippen molar-refractivity contribution in [1.82, 2.24) is 14.5 Å². The van der Waals surface area contributed by atoms with Gasteiger partial charge in [-0.1, -0.05) is 13.8 Å². The van der Waals surface area contributed by atoms with Crippen molar-refractivity contribution < 1.29 is 0 Å². The summed E-state index contributed by atoms with van der Waals surface area (Å²) in [6, 6.07) is 2.11. The van der Waals surface area contributed by atoms with Crippen molar-refractivity contribution >= 4 is 11.2 Å². The molecule has 0 aromatic carbocycles. The molecule has 20 heavy (non-hydrogen) atoms. The molecular weight excluding hydrogens is 248 g/mol. The Hall–Kier alpha value is -1.42. The largest absolute Gasteiger partial charge is 0.324 e. The van der Waals surface area contributed by atoms with Crippen LogP contribution in [-0.2, 0) is 6.54 Å². The van der Waals surface area contributed by atoms with E-state index in [-0.39, 0.29) is 5.54 Å². The molecule has 0 saturated carbocycles. The van der Waals surface area contributed by atoms with E-state index in [1.807, 2.05) is 20.0 Å². The molecule has 2 rings (SSSR count). The Morgan fingerprint density at radius 3 is 2.50 bits per heavy atom. The number of hydrogen-bond acceptors (Lipinski definition) is 3. The quantitative estimate of drug-likeness (QED) is 0.909. The van der Waals surface area contributed by atoms with Gasteiger partial charge in [-0.05, 0) is 45.2 Å². The highest BCUT2D eigenvalue weighted by Crippen LogP contribution is 2.27. The molecule has 2 aromatic rings. The fourth-order valence-electron chi connectivity index (χ4n) is 2.66. The standard InChI is InChI=1S/C16H26N4/c1-6-12(7-2)14-19-13-8-11(3)9-18-15(13)20(14)10-16(4,5)17/h8-9,12H,6-7,10,17H2,1-5H3. The minimum absolute atomic E-state index is 0.277. The lowest BCUT2D eigenvalue weighted by Gasteiger charge is -2.23. The van der Waals surface area contributed by atoms with Gasteiger partial charge in [0.05, 0.1) is 0 Å². The molecule has 0 spiro atoms. The zero-order valence-electron chi connectivity index (χ0n) is 13.3. The number of nitrogens with zero attached hydrogens (tertiary/aromatic N) is 3. The summed E-state index contributed by atoms with van der Waals surface area (Å²) in [7, 11) is 0. The van der Waals surface area contributed by atoms with Gasteiger partial charge in [-0.3, -0.25) is 0 Å². The van der Waals surface area contributed by atoms with Crippen LogP contribution in [0.15, 0.2) is 12.3 Å². The average Bonchev–Trinajstić information content (AvgIpc) is 2.67. The van der Waals surface area contributed by atoms with Gasteiger partial charge in [0.2, 0.25) is 0 Å². The predicted octanol–water partition coefficient (Wildman–Crippen LogP) is 3.38. The fraction of sp³-hybridized carbons (Fsp3) is 0.625. The molecule has 4 nitrogen and oxygen atoms in total. The molecule has 110 valence electrons. The molecule has 0 bridgehead atoms. The summed E-state index contributed by atoms with van der Waals surface area (Å²) in [5, 5.41) is 0. The van der Waals surface area contributed by atoms with E-state index in [2.05, 4.69) is 36.4 Å². The topological polar surface area (TPSA) is 56.7 Å². The second-order valence-corrected chi connectivity index (χ2v) is 6.41. The monoisotopic (exact) mass is 274 g/mol. The van der Waals surface area contributed by atoms with Crippen molar-refractivity contribution in [2.45, 2.75) is 65.5 Å². The summed E-state index contributed by atoms with van der Waals surface area (Å²) in [5.41, 5.74) is 9.03. The van der Waals surface area contributed by atoms with Gasteiger partial charge in [0.1, 0.15) is 11.3 Å². The van der Waals surface area contributed by atoms with Gasteiger partial charge in [-0.15, -0.1) is 0 Å². The van der Waals surface area contributed by atoms with Gasteiger partial charge in [-0.2, -0.15) is 0 Å². The molecule has 0 radical (unpaired) electrons. The Kier molecular flexibility index (Phi) is 4.14. The molecule has 0 aliphatic rings. The maximum atomic E-state index is 6.22. The summed E-state index contributed by atoms with van der Waals surface area (Å²) in [5.74, 6) is 1.59. The molecule has 4 heteroatoms. The first-order valence-electron chi connectivity index (χ1n) is 7.47. The third kappa shape index (κ3) is 3.01. The van der Waals surface area contributed by atoms with Crippen LogP contribution in [0.1, 0.15) is 57.8 Å². The third-order valence-electron chi connectivity index (χ3n) is 3.67. The van der Waals surface area contributed by atoms with Crippen molar-refractivity contribution in [3.63, 3.8) is 0 Å². The molecule has 0 aliphatic heterocycles. The molecule has 0 fully saturated rings. The lowest BCUT2D eigenvalue weighted by atomic mass is 10.0. The lowest BCUT2D eigenvalue weighted by molar-refractivity contribution is 0.418. The number of fused-ring (bicyclic) bond motifs is 1. The first-order chi connectivity index (χ1) is 9.35. The highest BCUT2D eigenvalue weighted by molar-refractivity contribution is 5.72. The fourth-order valence-corrected chi connectivity index (χ4v) is 2.66. The van der Waals surface area contributed by atoms with Crippen molar-refractivity contribution in [3.05, 3.63) is 23.7 Å². The molecule has 0 amide bonds. The van der Waals surface area contributed by atoms with Crippen LogP contribution in [-0.4, -0.2) is 20.1 Å². The lowest BCUT2D eigenvalue weighted by Crippen LogP contribution is -2.37. The van der Waals surface area contributed by atoms with Gasteiger partial charge < -0.3 is 10.3 Å². The molecule has 0 atom stereocenters. The van der Waals surface area contributed by atoms with Crippen LogP contribution < -0.4 is 5.73 Å². The van der Waals surface area contributed by atoms with E-state index in [1.54, 1.807) is 0 Å². The Balaban J connectivity index is 2.62. The maximum Gasteiger partial charge on any atom is 0.160 e. The minimum Gasteiger partial charge on any atom is -0.324 e. The number of imidazole rings is 1. The van der Waals surface area contributed by atoms with Crippen LogP contribution in [0.2, 0.25) is 0 Å². The summed E-state index contributed by atoms with van der Waals surface area (Å²) < 4.78 is 2.21. The van der Waals surface area contributed by atoms with E-state index in [0.29, 0.717) is 5.92 Å². The van der Waals surface area contributed by atoms with E-state index in [1.165, 1.54) is 0 Å². The SMILES string of the molecule is CCC(CC)c1nc2cc(C)cnc2n1CC(C)(C)N. The van der Waals surface area contributed by atoms with Crippen molar-refractivity contribution in [1.29, 1.82) is 0 Å². The van der Waals surface area contributed by atoms with Gasteiger partial charge in [0.15, 0.2) is 5.65 Å². The molecule has 0 saturated heterocycles. The smallest absolute Gasteiger partial charge is 0.160 e. The summed E-state index contributed by atoms with van der Waals surface area (Å²) in [6.45, 7) is 11.3. The summed E-state index contributed by atoms with van der Waals surface area (Å²) >= 11 is 0. The zero-order valence-corrected chi connectivity index (χ0v) is 13.3. The number of aromatic nitrogens is 3. The first-order valence-corrected chi connectivity index (χ1v) is 7.47. The molecule has 0 unspecified atom stereocenters. The number of hydrogen-bond donors (Lipinski definition) is 1. The number of pyridine rings is 1. The van der Waals surface area contributed by atoms with Crippen LogP contribution >= 0.6 is 0 Å². The van der Waals surface area contributed by atoms with Crippen molar-refractivity contribution in [3.8, 4) is 0 Å². The number of nitrogens with two attached hydrogens (primary N) is 1. The summed E-state index contributed by atoms with van der Waals surface area (Å²) in [4.78, 5) is 9.43. The van der Waals surface area contributed by atoms with Crippen LogP contribution in [0.4, 0.5) is 0 Å². The number of rotatable bonds is 5. The van der Waals surface area contributed by atoms with E-state index in [9.17, 15) is 0 Å². The minimum atomic E-state index is -0.277. The van der Waals surface area contributed by atoms with Gasteiger partial charge >= 0.3 is 0 Å². The van der Waals surface area contributed by atoms with E-state index >= 15 is 0 Å². The highest BCUT2D eigenvalue weighted by Gasteiger charge is 2.22. The average molecular weight is 274 g/mol. The van der Waals surface area contributed by atoms with E-state index < -0.39 is 0 Å². The van der Waals surface area contributed by atoms with Gasteiger partial charge in [0.25, 0.3) is 0 Å². The third-order valence-corrected chi connectivity index (χ3v) is 3.67. The maximum absolute atomic E-state index is 6.22. The molecule has 2 N–H and O–H groups in total. The van der Waals surface area contributed by atoms with Gasteiger partial charge in [0, 0.05) is 24.2 Å². The zero-order chi connectivity index (χ0) is 14.9. The summed E-state index contributed by atoms with van der Waals surface area (Å²) in [6.07, 6.45) is 4.08. The van der Waals surface area contributed by atoms with E-state index in [0.717, 1.165) is 41.9 Å². The normalized spacial score (nSPS) is 12.6. The van der Waals surface area contributed by atoms with Crippen molar-refractivity contribution in [2.24, 2.45) is 5.73 Å². The van der Waals surface area contributed by atoms with Crippen molar-refractivity contribution in [2.75, 3.05) is 0 Å². The number of aryl methyl sites for hydroxylation is 1. The second kappa shape index (κ2) is 5.52. The first kappa shape index (κ1) is 15.0. The molecule has 0 aliphatic carbocycles. The van der Waals surface area contributed by atoms with Crippen LogP contribution in [0, 0.1) is 6.92 Å². The van der Waals surface area contributed by atoms with Crippen LogP contribution in [0.25, 0.3) is 11.2 Å². The molecular formula is C16H26N4. The highest BCUT2D eigenvalue weighted by atomic mass is 15.1. The van der Waals surface area contributed by atoms with Gasteiger partial charge in [-0.25, -0.2) is 9.97 Å². The molecule has 2 aromatic heterocycles. The van der Waals surface area contributed by atoms with Crippen LogP contribution in [0.3, 0.4) is 0 Å². The Labute approximate surface area is 121 Å². The van der Waals surface area contributed by atoms with E-state index in [4.69, 9.17) is 10.7 Å². The predicted molar refractivity (Wildman–Crippen MR) is 83.9 cm³/mol. The Morgan fingerprint density at radius 1 is 1.30 bits per heavy atom. The molecule has 2 heterocycles.